The first-order valence-electron chi connectivity index (χ1n) is 5.73. The Morgan fingerprint density at radius 3 is 2.89 bits per heavy atom. The van der Waals surface area contributed by atoms with Crippen LogP contribution in [-0.2, 0) is 16.1 Å². The van der Waals surface area contributed by atoms with Gasteiger partial charge in [-0.3, -0.25) is 9.59 Å². The number of nitrogens with one attached hydrogen (secondary N) is 1. The molecule has 0 saturated heterocycles. The van der Waals surface area contributed by atoms with Crippen LogP contribution in [0.2, 0.25) is 0 Å². The fourth-order valence-corrected chi connectivity index (χ4v) is 1.95. The highest BCUT2D eigenvalue weighted by molar-refractivity contribution is 6.00. The lowest BCUT2D eigenvalue weighted by atomic mass is 10.1. The molecular formula is C13H14N2O3. The second kappa shape index (κ2) is 5.00. The van der Waals surface area contributed by atoms with Gasteiger partial charge in [0.2, 0.25) is 5.91 Å². The van der Waals surface area contributed by atoms with Gasteiger partial charge in [0.1, 0.15) is 12.8 Å². The Bertz CT molecular complexity index is 499. The average molecular weight is 246 g/mol. The Balaban J connectivity index is 2.00. The second-order valence-electron chi connectivity index (χ2n) is 4.31. The first-order valence-corrected chi connectivity index (χ1v) is 5.73. The number of amides is 2. The number of hydrogen-bond donors (Lipinski definition) is 1. The van der Waals surface area contributed by atoms with Crippen LogP contribution in [0.4, 0.5) is 0 Å². The van der Waals surface area contributed by atoms with Gasteiger partial charge in [0.25, 0.3) is 5.91 Å². The molecular weight excluding hydrogens is 232 g/mol. The van der Waals surface area contributed by atoms with Crippen LogP contribution in [0.15, 0.2) is 24.3 Å². The van der Waals surface area contributed by atoms with E-state index in [1.54, 1.807) is 19.1 Å². The fourth-order valence-electron chi connectivity index (χ4n) is 1.95. The molecule has 1 N–H and O–H groups in total. The predicted molar refractivity (Wildman–Crippen MR) is 64.9 cm³/mol. The molecule has 0 unspecified atom stereocenters. The third-order valence-electron chi connectivity index (χ3n) is 2.82. The van der Waals surface area contributed by atoms with E-state index in [9.17, 15) is 14.4 Å². The molecule has 2 amide bonds. The van der Waals surface area contributed by atoms with Crippen LogP contribution in [0.3, 0.4) is 0 Å². The molecule has 1 aliphatic heterocycles. The summed E-state index contributed by atoms with van der Waals surface area (Å²) in [4.78, 5) is 35.5. The van der Waals surface area contributed by atoms with Gasteiger partial charge in [0.15, 0.2) is 0 Å². The van der Waals surface area contributed by atoms with E-state index in [0.717, 1.165) is 5.56 Å². The highest BCUT2D eigenvalue weighted by atomic mass is 16.2. The van der Waals surface area contributed by atoms with Crippen LogP contribution in [-0.4, -0.2) is 35.6 Å². The molecule has 94 valence electrons. The Kier molecular flexibility index (Phi) is 3.41. The maximum atomic E-state index is 12.0. The van der Waals surface area contributed by atoms with Crippen molar-refractivity contribution < 1.29 is 14.4 Å². The molecule has 1 aromatic carbocycles. The Morgan fingerprint density at radius 2 is 2.22 bits per heavy atom. The number of benzene rings is 1. The summed E-state index contributed by atoms with van der Waals surface area (Å²) in [6.07, 6.45) is 0.651. The molecule has 0 aromatic heterocycles. The number of carbonyl (C=O) groups excluding carboxylic acids is 3. The van der Waals surface area contributed by atoms with E-state index < -0.39 is 6.04 Å². The van der Waals surface area contributed by atoms with Crippen molar-refractivity contribution in [2.45, 2.75) is 19.5 Å². The summed E-state index contributed by atoms with van der Waals surface area (Å²) in [5.74, 6) is -0.463. The van der Waals surface area contributed by atoms with Crippen LogP contribution in [0.1, 0.15) is 22.8 Å². The molecule has 1 atom stereocenters. The Labute approximate surface area is 105 Å². The molecule has 0 aliphatic carbocycles. The number of fused-ring (bicyclic) bond motifs is 1. The van der Waals surface area contributed by atoms with Gasteiger partial charge < -0.3 is 15.0 Å². The number of aldehydes is 1. The predicted octanol–water partition coefficient (Wildman–Crippen LogP) is 0.346. The summed E-state index contributed by atoms with van der Waals surface area (Å²) >= 11 is 0. The molecule has 0 spiro atoms. The molecule has 1 heterocycles. The number of nitrogens with zero attached hydrogens (tertiary/aromatic N) is 1. The maximum absolute atomic E-state index is 12.0. The standard InChI is InChI=1S/C13H14N2O3/c1-9(8-16)14-12(17)7-15-6-10-4-2-3-5-11(10)13(15)18/h2-5,8-9H,6-7H2,1H3,(H,14,17)/t9-/m0/s1. The topological polar surface area (TPSA) is 66.5 Å². The van der Waals surface area contributed by atoms with Crippen LogP contribution < -0.4 is 5.32 Å². The summed E-state index contributed by atoms with van der Waals surface area (Å²) < 4.78 is 0. The monoisotopic (exact) mass is 246 g/mol. The van der Waals surface area contributed by atoms with Crippen molar-refractivity contribution in [2.24, 2.45) is 0 Å². The summed E-state index contributed by atoms with van der Waals surface area (Å²) in [6.45, 7) is 2.01. The van der Waals surface area contributed by atoms with Gasteiger partial charge in [0.05, 0.1) is 6.04 Å². The van der Waals surface area contributed by atoms with E-state index in [2.05, 4.69) is 5.32 Å². The van der Waals surface area contributed by atoms with E-state index in [0.29, 0.717) is 18.4 Å². The average Bonchev–Trinajstić information content (AvgIpc) is 2.66. The molecule has 0 radical (unpaired) electrons. The van der Waals surface area contributed by atoms with Crippen molar-refractivity contribution in [1.29, 1.82) is 0 Å². The van der Waals surface area contributed by atoms with Crippen molar-refractivity contribution in [3.63, 3.8) is 0 Å². The van der Waals surface area contributed by atoms with E-state index >= 15 is 0 Å². The van der Waals surface area contributed by atoms with Crippen LogP contribution in [0.5, 0.6) is 0 Å². The first kappa shape index (κ1) is 12.3. The van der Waals surface area contributed by atoms with Crippen LogP contribution >= 0.6 is 0 Å². The molecule has 2 rings (SSSR count). The van der Waals surface area contributed by atoms with Gasteiger partial charge in [0, 0.05) is 12.1 Å². The lowest BCUT2D eigenvalue weighted by Crippen LogP contribution is -2.41. The maximum Gasteiger partial charge on any atom is 0.254 e. The first-order chi connectivity index (χ1) is 8.61. The van der Waals surface area contributed by atoms with E-state index in [-0.39, 0.29) is 18.4 Å². The molecule has 18 heavy (non-hydrogen) atoms. The van der Waals surface area contributed by atoms with Gasteiger partial charge in [-0.25, -0.2) is 0 Å². The van der Waals surface area contributed by atoms with Crippen LogP contribution in [0, 0.1) is 0 Å². The minimum atomic E-state index is -0.530. The van der Waals surface area contributed by atoms with Gasteiger partial charge in [-0.15, -0.1) is 0 Å². The van der Waals surface area contributed by atoms with E-state index in [1.807, 2.05) is 12.1 Å². The van der Waals surface area contributed by atoms with Gasteiger partial charge >= 0.3 is 0 Å². The SMILES string of the molecule is C[C@@H](C=O)NC(=O)CN1Cc2ccccc2C1=O. The summed E-state index contributed by atoms with van der Waals surface area (Å²) in [5, 5.41) is 2.50. The number of rotatable bonds is 4. The largest absolute Gasteiger partial charge is 0.345 e. The normalized spacial score (nSPS) is 15.2. The lowest BCUT2D eigenvalue weighted by Gasteiger charge is -2.16. The number of carbonyl (C=O) groups is 3. The van der Waals surface area contributed by atoms with E-state index in [4.69, 9.17) is 0 Å². The highest BCUT2D eigenvalue weighted by Gasteiger charge is 2.28. The molecule has 0 bridgehead atoms. The Hall–Kier alpha value is -2.17. The summed E-state index contributed by atoms with van der Waals surface area (Å²) in [5.41, 5.74) is 1.58. The molecule has 5 heteroatoms. The molecule has 1 aliphatic rings. The number of hydrogen-bond acceptors (Lipinski definition) is 3. The van der Waals surface area contributed by atoms with Crippen molar-refractivity contribution in [2.75, 3.05) is 6.54 Å². The summed E-state index contributed by atoms with van der Waals surface area (Å²) in [7, 11) is 0. The minimum absolute atomic E-state index is 0.0221. The smallest absolute Gasteiger partial charge is 0.254 e. The molecule has 0 saturated carbocycles. The Morgan fingerprint density at radius 1 is 1.50 bits per heavy atom. The van der Waals surface area contributed by atoms with Crippen molar-refractivity contribution in [3.8, 4) is 0 Å². The highest BCUT2D eigenvalue weighted by Crippen LogP contribution is 2.21. The van der Waals surface area contributed by atoms with E-state index in [1.165, 1.54) is 4.90 Å². The molecule has 0 fully saturated rings. The fraction of sp³-hybridized carbons (Fsp3) is 0.308. The third-order valence-corrected chi connectivity index (χ3v) is 2.82. The van der Waals surface area contributed by atoms with Gasteiger partial charge in [-0.05, 0) is 18.6 Å². The van der Waals surface area contributed by atoms with Crippen LogP contribution in [0.25, 0.3) is 0 Å². The quantitative estimate of drug-likeness (QED) is 0.779. The van der Waals surface area contributed by atoms with Crippen molar-refractivity contribution in [1.82, 2.24) is 10.2 Å². The second-order valence-corrected chi connectivity index (χ2v) is 4.31. The third kappa shape index (κ3) is 2.40. The zero-order valence-corrected chi connectivity index (χ0v) is 10.1. The molecule has 1 aromatic rings. The minimum Gasteiger partial charge on any atom is -0.345 e. The zero-order valence-electron chi connectivity index (χ0n) is 10.1. The van der Waals surface area contributed by atoms with Gasteiger partial charge in [-0.1, -0.05) is 18.2 Å². The summed E-state index contributed by atoms with van der Waals surface area (Å²) in [6, 6.07) is 6.76. The zero-order chi connectivity index (χ0) is 13.1. The molecule has 5 nitrogen and oxygen atoms in total. The van der Waals surface area contributed by atoms with Gasteiger partial charge in [-0.2, -0.15) is 0 Å². The van der Waals surface area contributed by atoms with Crippen molar-refractivity contribution >= 4 is 18.1 Å². The lowest BCUT2D eigenvalue weighted by molar-refractivity contribution is -0.124. The van der Waals surface area contributed by atoms with Crippen molar-refractivity contribution in [3.05, 3.63) is 35.4 Å².